The number of fused-ring (bicyclic) bond motifs is 1. The molecule has 36 heavy (non-hydrogen) atoms. The Morgan fingerprint density at radius 2 is 1.86 bits per heavy atom. The number of nitrogens with zero attached hydrogens (tertiary/aromatic N) is 2. The second kappa shape index (κ2) is 9.79. The van der Waals surface area contributed by atoms with Gasteiger partial charge in [0.25, 0.3) is 5.91 Å². The molecule has 0 radical (unpaired) electrons. The highest BCUT2D eigenvalue weighted by molar-refractivity contribution is 5.97. The molecule has 1 amide bonds. The van der Waals surface area contributed by atoms with Gasteiger partial charge in [-0.05, 0) is 80.6 Å². The van der Waals surface area contributed by atoms with Gasteiger partial charge in [0.15, 0.2) is 0 Å². The molecular formula is C30H29N3O3. The number of nitriles is 1. The summed E-state index contributed by atoms with van der Waals surface area (Å²) in [5.41, 5.74) is 4.94. The molecule has 6 heteroatoms. The van der Waals surface area contributed by atoms with Crippen LogP contribution in [0.4, 0.5) is 0 Å². The molecule has 182 valence electrons. The fourth-order valence-corrected chi connectivity index (χ4v) is 4.87. The minimum atomic E-state index is -0.205. The van der Waals surface area contributed by atoms with E-state index in [0.717, 1.165) is 46.3 Å². The first-order chi connectivity index (χ1) is 17.5. The highest BCUT2D eigenvalue weighted by Crippen LogP contribution is 2.43. The highest BCUT2D eigenvalue weighted by atomic mass is 16.5. The number of phenols is 1. The van der Waals surface area contributed by atoms with Crippen molar-refractivity contribution in [1.82, 2.24) is 9.88 Å². The molecule has 0 unspecified atom stereocenters. The van der Waals surface area contributed by atoms with Gasteiger partial charge < -0.3 is 19.7 Å². The van der Waals surface area contributed by atoms with E-state index in [-0.39, 0.29) is 17.7 Å². The van der Waals surface area contributed by atoms with Crippen LogP contribution in [0, 0.1) is 11.3 Å². The number of hydrogen-bond donors (Lipinski definition) is 2. The molecule has 0 saturated heterocycles. The van der Waals surface area contributed by atoms with Crippen LogP contribution in [-0.4, -0.2) is 22.2 Å². The second-order valence-electron chi connectivity index (χ2n) is 9.27. The summed E-state index contributed by atoms with van der Waals surface area (Å²) in [5.74, 6) is 0.815. The fraction of sp³-hybridized carbons (Fsp3) is 0.267. The lowest BCUT2D eigenvalue weighted by molar-refractivity contribution is 0.0940. The molecular weight excluding hydrogens is 450 g/mol. The molecule has 1 saturated carbocycles. The minimum absolute atomic E-state index is 0.177. The molecule has 1 fully saturated rings. The van der Waals surface area contributed by atoms with E-state index in [1.165, 1.54) is 6.42 Å². The van der Waals surface area contributed by atoms with E-state index in [2.05, 4.69) is 16.0 Å². The number of nitrogens with one attached hydrogen (secondary N) is 1. The molecule has 0 bridgehead atoms. The first-order valence-corrected chi connectivity index (χ1v) is 12.4. The topological polar surface area (TPSA) is 87.3 Å². The summed E-state index contributed by atoms with van der Waals surface area (Å²) in [7, 11) is 0. The summed E-state index contributed by atoms with van der Waals surface area (Å²) in [6.07, 6.45) is 3.33. The Morgan fingerprint density at radius 3 is 2.47 bits per heavy atom. The van der Waals surface area contributed by atoms with Crippen LogP contribution in [-0.2, 0) is 0 Å². The number of aromatic hydroxyl groups is 1. The third kappa shape index (κ3) is 4.29. The summed E-state index contributed by atoms with van der Waals surface area (Å²) in [4.78, 5) is 12.9. The number of carbonyl (C=O) groups is 1. The van der Waals surface area contributed by atoms with Crippen molar-refractivity contribution in [1.29, 1.82) is 5.26 Å². The fourth-order valence-electron chi connectivity index (χ4n) is 4.87. The first kappa shape index (κ1) is 23.5. The van der Waals surface area contributed by atoms with Crippen molar-refractivity contribution in [3.63, 3.8) is 0 Å². The van der Waals surface area contributed by atoms with E-state index >= 15 is 0 Å². The Bertz CT molecular complexity index is 1440. The largest absolute Gasteiger partial charge is 0.508 e. The molecule has 2 N–H and O–H groups in total. The van der Waals surface area contributed by atoms with E-state index in [1.54, 1.807) is 24.3 Å². The van der Waals surface area contributed by atoms with Crippen LogP contribution < -0.4 is 10.1 Å². The molecule has 3 aromatic carbocycles. The summed E-state index contributed by atoms with van der Waals surface area (Å²) in [5, 5.41) is 23.6. The molecule has 4 aromatic rings. The van der Waals surface area contributed by atoms with Gasteiger partial charge in [0.2, 0.25) is 0 Å². The molecule has 1 aliphatic rings. The van der Waals surface area contributed by atoms with Crippen LogP contribution in [0.5, 0.6) is 11.5 Å². The molecule has 0 aliphatic heterocycles. The second-order valence-corrected chi connectivity index (χ2v) is 9.27. The Hall–Kier alpha value is -4.24. The van der Waals surface area contributed by atoms with Gasteiger partial charge in [0.1, 0.15) is 17.6 Å². The van der Waals surface area contributed by atoms with Crippen molar-refractivity contribution in [2.45, 2.75) is 45.2 Å². The van der Waals surface area contributed by atoms with Gasteiger partial charge in [0, 0.05) is 23.1 Å². The molecule has 1 atom stereocenters. The Balaban J connectivity index is 1.48. The number of phenolic OH excluding ortho intramolecular Hbond substituents is 1. The van der Waals surface area contributed by atoms with E-state index in [9.17, 15) is 15.2 Å². The predicted molar refractivity (Wildman–Crippen MR) is 140 cm³/mol. The van der Waals surface area contributed by atoms with Crippen molar-refractivity contribution < 1.29 is 14.6 Å². The average Bonchev–Trinajstić information content (AvgIpc) is 3.17. The number of carbonyl (C=O) groups excluding carboxylic acids is 1. The molecule has 1 aromatic heterocycles. The van der Waals surface area contributed by atoms with Crippen molar-refractivity contribution >= 4 is 16.8 Å². The zero-order chi connectivity index (χ0) is 25.2. The smallest absolute Gasteiger partial charge is 0.251 e. The van der Waals surface area contributed by atoms with E-state index < -0.39 is 0 Å². The number of aromatic nitrogens is 1. The third-order valence-electron chi connectivity index (χ3n) is 7.00. The molecule has 6 nitrogen and oxygen atoms in total. The van der Waals surface area contributed by atoms with Crippen molar-refractivity contribution in [3.8, 4) is 28.8 Å². The Morgan fingerprint density at radius 1 is 1.14 bits per heavy atom. The van der Waals surface area contributed by atoms with Crippen molar-refractivity contribution in [2.24, 2.45) is 0 Å². The Labute approximate surface area is 210 Å². The van der Waals surface area contributed by atoms with Gasteiger partial charge in [-0.15, -0.1) is 0 Å². The average molecular weight is 480 g/mol. The molecule has 1 aliphatic carbocycles. The van der Waals surface area contributed by atoms with Crippen LogP contribution in [0.2, 0.25) is 0 Å². The van der Waals surface area contributed by atoms with Gasteiger partial charge >= 0.3 is 0 Å². The van der Waals surface area contributed by atoms with E-state index in [4.69, 9.17) is 4.74 Å². The van der Waals surface area contributed by atoms with Crippen LogP contribution in [0.25, 0.3) is 22.2 Å². The summed E-state index contributed by atoms with van der Waals surface area (Å²) in [6.45, 7) is 4.46. The molecule has 0 spiro atoms. The first-order valence-electron chi connectivity index (χ1n) is 12.4. The zero-order valence-electron chi connectivity index (χ0n) is 20.5. The number of amides is 1. The zero-order valence-corrected chi connectivity index (χ0v) is 20.5. The lowest BCUT2D eigenvalue weighted by Gasteiger charge is -2.30. The minimum Gasteiger partial charge on any atom is -0.508 e. The summed E-state index contributed by atoms with van der Waals surface area (Å²) in [6, 6.07) is 22.8. The van der Waals surface area contributed by atoms with Gasteiger partial charge in [-0.25, -0.2) is 0 Å². The normalized spacial score (nSPS) is 14.1. The lowest BCUT2D eigenvalue weighted by atomic mass is 9.92. The maximum absolute atomic E-state index is 12.9. The highest BCUT2D eigenvalue weighted by Gasteiger charge is 2.28. The van der Waals surface area contributed by atoms with Gasteiger partial charge in [-0.1, -0.05) is 24.3 Å². The third-order valence-corrected chi connectivity index (χ3v) is 7.00. The summed E-state index contributed by atoms with van der Waals surface area (Å²) < 4.78 is 8.04. The SMILES string of the molecule is CCOc1ccc2c(C#N)c(-c3ccc(C(=O)N[C@H](C)c4ccc(O)cc4)cc3)n(C3CCC3)c2c1. The van der Waals surface area contributed by atoms with Crippen LogP contribution in [0.1, 0.15) is 66.7 Å². The van der Waals surface area contributed by atoms with Crippen molar-refractivity contribution in [3.05, 3.63) is 83.4 Å². The maximum atomic E-state index is 12.9. The van der Waals surface area contributed by atoms with E-state index in [0.29, 0.717) is 23.8 Å². The van der Waals surface area contributed by atoms with Crippen LogP contribution >= 0.6 is 0 Å². The maximum Gasteiger partial charge on any atom is 0.251 e. The van der Waals surface area contributed by atoms with Crippen LogP contribution in [0.15, 0.2) is 66.7 Å². The standard InChI is InChI=1S/C30H29N3O3/c1-3-36-25-15-16-26-27(18-31)29(33(28(26)17-25)23-5-4-6-23)21-7-9-22(10-8-21)30(35)32-19(2)20-11-13-24(34)14-12-20/h7-17,19,23,34H,3-6H2,1-2H3,(H,32,35)/t19-/m1/s1. The molecule has 1 heterocycles. The number of hydrogen-bond acceptors (Lipinski definition) is 4. The Kier molecular flexibility index (Phi) is 6.39. The van der Waals surface area contributed by atoms with Gasteiger partial charge in [-0.3, -0.25) is 4.79 Å². The van der Waals surface area contributed by atoms with Gasteiger partial charge in [-0.2, -0.15) is 5.26 Å². The quantitative estimate of drug-likeness (QED) is 0.317. The lowest BCUT2D eigenvalue weighted by Crippen LogP contribution is -2.26. The molecule has 5 rings (SSSR count). The van der Waals surface area contributed by atoms with Gasteiger partial charge in [0.05, 0.1) is 29.4 Å². The van der Waals surface area contributed by atoms with Crippen molar-refractivity contribution in [2.75, 3.05) is 6.61 Å². The monoisotopic (exact) mass is 479 g/mol. The number of rotatable bonds is 7. The van der Waals surface area contributed by atoms with E-state index in [1.807, 2.05) is 56.3 Å². The summed E-state index contributed by atoms with van der Waals surface area (Å²) >= 11 is 0. The number of ether oxygens (including phenoxy) is 1. The van der Waals surface area contributed by atoms with Crippen LogP contribution in [0.3, 0.4) is 0 Å². The number of benzene rings is 3. The predicted octanol–water partition coefficient (Wildman–Crippen LogP) is 6.50.